The third kappa shape index (κ3) is 4.34. The lowest BCUT2D eigenvalue weighted by molar-refractivity contribution is -0.136. The third-order valence-corrected chi connectivity index (χ3v) is 4.46. The van der Waals surface area contributed by atoms with E-state index in [1.807, 2.05) is 39.0 Å². The smallest absolute Gasteiger partial charge is 0.337 e. The number of urea groups is 1. The quantitative estimate of drug-likeness (QED) is 0.701. The zero-order valence-electron chi connectivity index (χ0n) is 14.8. The van der Waals surface area contributed by atoms with Crippen LogP contribution in [-0.4, -0.2) is 25.7 Å². The molecule has 136 valence electrons. The molecule has 6 nitrogen and oxygen atoms in total. The number of benzene rings is 1. The number of methoxy groups -OCH3 is 1. The Kier molecular flexibility index (Phi) is 6.47. The molecule has 0 aliphatic carbocycles. The highest BCUT2D eigenvalue weighted by Crippen LogP contribution is 2.34. The van der Waals surface area contributed by atoms with E-state index in [9.17, 15) is 9.59 Å². The molecule has 0 radical (unpaired) electrons. The number of carbonyl (C=O) groups excluding carboxylic acids is 2. The summed E-state index contributed by atoms with van der Waals surface area (Å²) in [5, 5.41) is 5.53. The number of allylic oxidation sites excluding steroid dienone is 1. The minimum atomic E-state index is -0.588. The van der Waals surface area contributed by atoms with Crippen molar-refractivity contribution in [1.82, 2.24) is 10.6 Å². The van der Waals surface area contributed by atoms with Crippen molar-refractivity contribution in [2.75, 3.05) is 13.7 Å². The van der Waals surface area contributed by atoms with Gasteiger partial charge in [-0.05, 0) is 46.0 Å². The van der Waals surface area contributed by atoms with Gasteiger partial charge in [0.05, 0.1) is 29.8 Å². The summed E-state index contributed by atoms with van der Waals surface area (Å²) in [4.78, 5) is 24.4. The maximum Gasteiger partial charge on any atom is 0.337 e. The normalized spacial score (nSPS) is 17.2. The predicted octanol–water partition coefficient (Wildman–Crippen LogP) is 3.67. The first-order chi connectivity index (χ1) is 11.9. The monoisotopic (exact) mass is 410 g/mol. The second-order valence-corrected chi connectivity index (χ2v) is 6.90. The van der Waals surface area contributed by atoms with Crippen LogP contribution in [0.4, 0.5) is 4.79 Å². The van der Waals surface area contributed by atoms with Gasteiger partial charge in [-0.15, -0.1) is 0 Å². The van der Waals surface area contributed by atoms with E-state index in [1.165, 1.54) is 7.11 Å². The topological polar surface area (TPSA) is 76.7 Å². The number of ether oxygens (including phenoxy) is 2. The molecule has 2 amide bonds. The van der Waals surface area contributed by atoms with E-state index in [2.05, 4.69) is 26.6 Å². The highest BCUT2D eigenvalue weighted by molar-refractivity contribution is 9.10. The van der Waals surface area contributed by atoms with E-state index >= 15 is 0 Å². The molecule has 1 aromatic carbocycles. The number of esters is 1. The molecule has 0 spiro atoms. The summed E-state index contributed by atoms with van der Waals surface area (Å²) in [6.45, 7) is 6.48. The molecular formula is C18H23BrN2O4. The van der Waals surface area contributed by atoms with Crippen molar-refractivity contribution < 1.29 is 19.1 Å². The molecule has 2 N–H and O–H groups in total. The number of hydrogen-bond donors (Lipinski definition) is 2. The molecule has 0 fully saturated rings. The van der Waals surface area contributed by atoms with Crippen molar-refractivity contribution in [2.24, 2.45) is 5.92 Å². The highest BCUT2D eigenvalue weighted by Gasteiger charge is 2.34. The van der Waals surface area contributed by atoms with Gasteiger partial charge in [0.1, 0.15) is 5.75 Å². The first-order valence-corrected chi connectivity index (χ1v) is 9.00. The van der Waals surface area contributed by atoms with Crippen LogP contribution in [0.1, 0.15) is 38.8 Å². The minimum Gasteiger partial charge on any atom is -0.492 e. The summed E-state index contributed by atoms with van der Waals surface area (Å²) in [6.07, 6.45) is 0.908. The molecule has 2 rings (SSSR count). The Bertz CT molecular complexity index is 700. The van der Waals surface area contributed by atoms with Gasteiger partial charge in [0.2, 0.25) is 0 Å². The van der Waals surface area contributed by atoms with Gasteiger partial charge >= 0.3 is 12.0 Å². The predicted molar refractivity (Wildman–Crippen MR) is 98.2 cm³/mol. The zero-order chi connectivity index (χ0) is 18.6. The van der Waals surface area contributed by atoms with Crippen molar-refractivity contribution >= 4 is 27.9 Å². The Morgan fingerprint density at radius 2 is 2.08 bits per heavy atom. The Hall–Kier alpha value is -2.02. The van der Waals surface area contributed by atoms with Gasteiger partial charge < -0.3 is 20.1 Å². The SMILES string of the molecule is CCCOc1ccc(C2NC(=O)NC(C(C)C)=C2C(=O)OC)cc1Br. The van der Waals surface area contributed by atoms with Gasteiger partial charge in [-0.1, -0.05) is 26.8 Å². The third-order valence-electron chi connectivity index (χ3n) is 3.84. The van der Waals surface area contributed by atoms with Crippen molar-refractivity contribution in [1.29, 1.82) is 0 Å². The zero-order valence-corrected chi connectivity index (χ0v) is 16.4. The minimum absolute atomic E-state index is 0.0294. The van der Waals surface area contributed by atoms with E-state index < -0.39 is 12.0 Å². The molecule has 1 heterocycles. The van der Waals surface area contributed by atoms with Crippen molar-refractivity contribution in [2.45, 2.75) is 33.2 Å². The first-order valence-electron chi connectivity index (χ1n) is 8.21. The van der Waals surface area contributed by atoms with Crippen LogP contribution in [-0.2, 0) is 9.53 Å². The van der Waals surface area contributed by atoms with Crippen LogP contribution in [0.3, 0.4) is 0 Å². The lowest BCUT2D eigenvalue weighted by Gasteiger charge is -2.31. The summed E-state index contributed by atoms with van der Waals surface area (Å²) >= 11 is 3.49. The molecule has 7 heteroatoms. The molecule has 0 saturated heterocycles. The van der Waals surface area contributed by atoms with Crippen molar-refractivity contribution in [3.63, 3.8) is 0 Å². The first kappa shape index (κ1) is 19.3. The molecule has 1 atom stereocenters. The maximum atomic E-state index is 12.4. The summed E-state index contributed by atoms with van der Waals surface area (Å²) in [5.74, 6) is 0.223. The van der Waals surface area contributed by atoms with E-state index in [4.69, 9.17) is 9.47 Å². The second-order valence-electron chi connectivity index (χ2n) is 6.04. The Balaban J connectivity index is 2.47. The Morgan fingerprint density at radius 1 is 1.36 bits per heavy atom. The fourth-order valence-corrected chi connectivity index (χ4v) is 3.16. The number of nitrogens with one attached hydrogen (secondary N) is 2. The molecule has 0 saturated carbocycles. The van der Waals surface area contributed by atoms with E-state index in [0.29, 0.717) is 17.9 Å². The molecule has 0 bridgehead atoms. The number of halogens is 1. The summed E-state index contributed by atoms with van der Waals surface area (Å²) in [5.41, 5.74) is 1.75. The van der Waals surface area contributed by atoms with Gasteiger partial charge in [0.25, 0.3) is 0 Å². The number of rotatable bonds is 6. The van der Waals surface area contributed by atoms with Crippen LogP contribution in [0.2, 0.25) is 0 Å². The van der Waals surface area contributed by atoms with Crippen molar-refractivity contribution in [3.8, 4) is 5.75 Å². The van der Waals surface area contributed by atoms with Crippen LogP contribution >= 0.6 is 15.9 Å². The van der Waals surface area contributed by atoms with Gasteiger partial charge in [-0.2, -0.15) is 0 Å². The van der Waals surface area contributed by atoms with Gasteiger partial charge in [-0.3, -0.25) is 0 Å². The maximum absolute atomic E-state index is 12.4. The van der Waals surface area contributed by atoms with Crippen LogP contribution in [0.25, 0.3) is 0 Å². The van der Waals surface area contributed by atoms with Crippen LogP contribution < -0.4 is 15.4 Å². The van der Waals surface area contributed by atoms with Gasteiger partial charge in [0.15, 0.2) is 0 Å². The average Bonchev–Trinajstić information content (AvgIpc) is 2.59. The van der Waals surface area contributed by atoms with E-state index in [1.54, 1.807) is 0 Å². The fraction of sp³-hybridized carbons (Fsp3) is 0.444. The van der Waals surface area contributed by atoms with E-state index in [0.717, 1.165) is 22.2 Å². The largest absolute Gasteiger partial charge is 0.492 e. The average molecular weight is 411 g/mol. The summed E-state index contributed by atoms with van der Waals surface area (Å²) < 4.78 is 11.4. The summed E-state index contributed by atoms with van der Waals surface area (Å²) in [6, 6.07) is 4.58. The molecule has 1 aromatic rings. The molecule has 25 heavy (non-hydrogen) atoms. The molecule has 1 aliphatic heterocycles. The molecule has 0 aromatic heterocycles. The number of amides is 2. The van der Waals surface area contributed by atoms with Gasteiger partial charge in [-0.25, -0.2) is 9.59 Å². The standard InChI is InChI=1S/C18H23BrN2O4/c1-5-8-25-13-7-6-11(9-12(13)19)16-14(17(22)24-4)15(10(2)3)20-18(23)21-16/h6-7,9-10,16H,5,8H2,1-4H3,(H2,20,21,23). The molecular weight excluding hydrogens is 388 g/mol. The number of hydrogen-bond acceptors (Lipinski definition) is 4. The summed E-state index contributed by atoms with van der Waals surface area (Å²) in [7, 11) is 1.33. The Morgan fingerprint density at radius 3 is 2.64 bits per heavy atom. The Labute approximate surface area is 156 Å². The highest BCUT2D eigenvalue weighted by atomic mass is 79.9. The fourth-order valence-electron chi connectivity index (χ4n) is 2.65. The lowest BCUT2D eigenvalue weighted by atomic mass is 9.91. The molecule has 1 unspecified atom stereocenters. The number of carbonyl (C=O) groups is 2. The van der Waals surface area contributed by atoms with Crippen LogP contribution in [0, 0.1) is 5.92 Å². The second kappa shape index (κ2) is 8.38. The van der Waals surface area contributed by atoms with Crippen LogP contribution in [0.5, 0.6) is 5.75 Å². The van der Waals surface area contributed by atoms with E-state index in [-0.39, 0.29) is 11.9 Å². The van der Waals surface area contributed by atoms with Crippen molar-refractivity contribution in [3.05, 3.63) is 39.5 Å². The lowest BCUT2D eigenvalue weighted by Crippen LogP contribution is -2.47. The van der Waals surface area contributed by atoms with Crippen LogP contribution in [0.15, 0.2) is 33.9 Å². The molecule has 1 aliphatic rings. The van der Waals surface area contributed by atoms with Gasteiger partial charge in [0, 0.05) is 5.70 Å².